The molecule has 0 radical (unpaired) electrons. The van der Waals surface area contributed by atoms with Crippen molar-refractivity contribution in [2.75, 3.05) is 6.61 Å². The molecule has 1 heterocycles. The van der Waals surface area contributed by atoms with Gasteiger partial charge in [0.25, 0.3) is 0 Å². The molecule has 3 aromatic rings. The van der Waals surface area contributed by atoms with Gasteiger partial charge < -0.3 is 4.74 Å². The second-order valence-corrected chi connectivity index (χ2v) is 6.52. The molecule has 0 saturated carbocycles. The van der Waals surface area contributed by atoms with Crippen LogP contribution in [0.25, 0.3) is 5.69 Å². The minimum Gasteiger partial charge on any atom is -0.465 e. The topological polar surface area (TPSA) is 69.9 Å². The van der Waals surface area contributed by atoms with Crippen molar-refractivity contribution in [1.29, 1.82) is 0 Å². The normalized spacial score (nSPS) is 11.9. The van der Waals surface area contributed by atoms with Gasteiger partial charge in [-0.25, -0.2) is 0 Å². The third-order valence-electron chi connectivity index (χ3n) is 3.34. The van der Waals surface area contributed by atoms with E-state index in [4.69, 9.17) is 16.3 Å². The first-order valence-corrected chi connectivity index (χ1v) is 8.87. The van der Waals surface area contributed by atoms with Gasteiger partial charge in [-0.1, -0.05) is 53.7 Å². The maximum atomic E-state index is 12.4. The number of halogens is 1. The van der Waals surface area contributed by atoms with E-state index in [0.717, 1.165) is 11.3 Å². The van der Waals surface area contributed by atoms with Crippen LogP contribution in [-0.4, -0.2) is 32.8 Å². The van der Waals surface area contributed by atoms with E-state index in [1.54, 1.807) is 23.7 Å². The zero-order valence-corrected chi connectivity index (χ0v) is 14.9. The Labute approximate surface area is 154 Å². The van der Waals surface area contributed by atoms with E-state index in [2.05, 4.69) is 15.5 Å². The molecule has 0 aliphatic rings. The van der Waals surface area contributed by atoms with E-state index in [-0.39, 0.29) is 5.97 Å². The van der Waals surface area contributed by atoms with Crippen LogP contribution in [0, 0.1) is 0 Å². The summed E-state index contributed by atoms with van der Waals surface area (Å²) < 4.78 is 6.78. The lowest BCUT2D eigenvalue weighted by Crippen LogP contribution is -2.14. The van der Waals surface area contributed by atoms with Crippen molar-refractivity contribution in [3.8, 4) is 5.69 Å². The third-order valence-corrected chi connectivity index (χ3v) is 4.76. The van der Waals surface area contributed by atoms with E-state index in [0.29, 0.717) is 16.8 Å². The first kappa shape index (κ1) is 17.4. The fourth-order valence-electron chi connectivity index (χ4n) is 2.20. The van der Waals surface area contributed by atoms with Crippen LogP contribution in [0.3, 0.4) is 0 Å². The predicted octanol–water partition coefficient (Wildman–Crippen LogP) is 3.71. The summed E-state index contributed by atoms with van der Waals surface area (Å²) in [5.74, 6) is -0.329. The highest BCUT2D eigenvalue weighted by Gasteiger charge is 2.26. The number of aromatic nitrogens is 4. The molecule has 0 saturated heterocycles. The quantitative estimate of drug-likeness (QED) is 0.484. The van der Waals surface area contributed by atoms with E-state index in [9.17, 15) is 4.79 Å². The van der Waals surface area contributed by atoms with Crippen LogP contribution in [0.4, 0.5) is 0 Å². The molecular formula is C17H15ClN4O2S. The van der Waals surface area contributed by atoms with E-state index >= 15 is 0 Å². The molecule has 8 heteroatoms. The maximum Gasteiger partial charge on any atom is 0.324 e. The van der Waals surface area contributed by atoms with Crippen molar-refractivity contribution in [2.24, 2.45) is 0 Å². The summed E-state index contributed by atoms with van der Waals surface area (Å²) in [6, 6.07) is 16.5. The molecule has 1 aromatic heterocycles. The van der Waals surface area contributed by atoms with Gasteiger partial charge in [-0.05, 0) is 47.2 Å². The first-order chi connectivity index (χ1) is 12.2. The van der Waals surface area contributed by atoms with Crippen LogP contribution in [0.2, 0.25) is 5.02 Å². The Balaban J connectivity index is 1.92. The molecule has 0 amide bonds. The van der Waals surface area contributed by atoms with E-state index in [1.165, 1.54) is 11.8 Å². The van der Waals surface area contributed by atoms with Gasteiger partial charge in [0, 0.05) is 5.02 Å². The second kappa shape index (κ2) is 8.13. The number of ether oxygens (including phenoxy) is 1. The molecule has 128 valence electrons. The van der Waals surface area contributed by atoms with Gasteiger partial charge in [0.1, 0.15) is 5.25 Å². The molecule has 3 rings (SSSR count). The summed E-state index contributed by atoms with van der Waals surface area (Å²) in [5, 5.41) is 12.3. The number of hydrogen-bond acceptors (Lipinski definition) is 6. The Morgan fingerprint density at radius 1 is 1.20 bits per heavy atom. The zero-order valence-electron chi connectivity index (χ0n) is 13.4. The number of hydrogen-bond donors (Lipinski definition) is 0. The Kier molecular flexibility index (Phi) is 5.67. The molecule has 0 N–H and O–H groups in total. The van der Waals surface area contributed by atoms with Gasteiger partial charge >= 0.3 is 5.97 Å². The standard InChI is InChI=1S/C17H15ClN4O2S/c1-2-24-16(23)15(12-6-4-3-5-7-12)25-17-19-20-21-22(17)14-10-8-13(18)9-11-14/h3-11,15H,2H2,1H3. The molecule has 0 spiro atoms. The number of carbonyl (C=O) groups is 1. The monoisotopic (exact) mass is 374 g/mol. The predicted molar refractivity (Wildman–Crippen MR) is 95.8 cm³/mol. The highest BCUT2D eigenvalue weighted by molar-refractivity contribution is 8.00. The average molecular weight is 375 g/mol. The van der Waals surface area contributed by atoms with Gasteiger partial charge in [-0.3, -0.25) is 4.79 Å². The summed E-state index contributed by atoms with van der Waals surface area (Å²) in [4.78, 5) is 12.4. The van der Waals surface area contributed by atoms with Gasteiger partial charge in [-0.15, -0.1) is 5.10 Å². The number of benzene rings is 2. The number of carbonyl (C=O) groups excluding carboxylic acids is 1. The molecule has 0 fully saturated rings. The number of esters is 1. The molecule has 0 bridgehead atoms. The Hall–Kier alpha value is -2.38. The van der Waals surface area contributed by atoms with Crippen LogP contribution in [-0.2, 0) is 9.53 Å². The van der Waals surface area contributed by atoms with Gasteiger partial charge in [0.2, 0.25) is 5.16 Å². The van der Waals surface area contributed by atoms with Crippen molar-refractivity contribution >= 4 is 29.3 Å². The van der Waals surface area contributed by atoms with Crippen LogP contribution in [0.5, 0.6) is 0 Å². The largest absolute Gasteiger partial charge is 0.465 e. The lowest BCUT2D eigenvalue weighted by atomic mass is 10.1. The molecule has 25 heavy (non-hydrogen) atoms. The zero-order chi connectivity index (χ0) is 17.6. The molecule has 6 nitrogen and oxygen atoms in total. The fraction of sp³-hybridized carbons (Fsp3) is 0.176. The SMILES string of the molecule is CCOC(=O)C(Sc1nnnn1-c1ccc(Cl)cc1)c1ccccc1. The molecule has 2 aromatic carbocycles. The Bertz CT molecular complexity index is 839. The van der Waals surface area contributed by atoms with Crippen molar-refractivity contribution in [1.82, 2.24) is 20.2 Å². The number of nitrogens with zero attached hydrogens (tertiary/aromatic N) is 4. The molecule has 1 unspecified atom stereocenters. The first-order valence-electron chi connectivity index (χ1n) is 7.61. The number of rotatable bonds is 6. The average Bonchev–Trinajstić information content (AvgIpc) is 3.09. The fourth-order valence-corrected chi connectivity index (χ4v) is 3.32. The lowest BCUT2D eigenvalue weighted by molar-refractivity contribution is -0.142. The number of thioether (sulfide) groups is 1. The highest BCUT2D eigenvalue weighted by Crippen LogP contribution is 2.35. The molecule has 0 aliphatic heterocycles. The summed E-state index contributed by atoms with van der Waals surface area (Å²) >= 11 is 7.17. The molecule has 1 atom stereocenters. The van der Waals surface area contributed by atoms with Crippen molar-refractivity contribution in [3.05, 3.63) is 65.2 Å². The van der Waals surface area contributed by atoms with Gasteiger partial charge in [0.05, 0.1) is 12.3 Å². The summed E-state index contributed by atoms with van der Waals surface area (Å²) in [5.41, 5.74) is 1.59. The second-order valence-electron chi connectivity index (χ2n) is 5.01. The molecule has 0 aliphatic carbocycles. The van der Waals surface area contributed by atoms with Crippen molar-refractivity contribution in [3.63, 3.8) is 0 Å². The maximum absolute atomic E-state index is 12.4. The van der Waals surface area contributed by atoms with Crippen LogP contribution >= 0.6 is 23.4 Å². The minimum atomic E-state index is -0.557. The van der Waals surface area contributed by atoms with E-state index in [1.807, 2.05) is 42.5 Å². The highest BCUT2D eigenvalue weighted by atomic mass is 35.5. The van der Waals surface area contributed by atoms with Crippen LogP contribution < -0.4 is 0 Å². The summed E-state index contributed by atoms with van der Waals surface area (Å²) in [6.07, 6.45) is 0. The van der Waals surface area contributed by atoms with E-state index < -0.39 is 5.25 Å². The minimum absolute atomic E-state index is 0.310. The van der Waals surface area contributed by atoms with Gasteiger partial charge in [-0.2, -0.15) is 4.68 Å². The lowest BCUT2D eigenvalue weighted by Gasteiger charge is -2.15. The Morgan fingerprint density at radius 3 is 2.60 bits per heavy atom. The smallest absolute Gasteiger partial charge is 0.324 e. The van der Waals surface area contributed by atoms with Crippen LogP contribution in [0.15, 0.2) is 59.8 Å². The summed E-state index contributed by atoms with van der Waals surface area (Å²) in [6.45, 7) is 2.09. The third kappa shape index (κ3) is 4.18. The molecular weight excluding hydrogens is 360 g/mol. The number of tetrazole rings is 1. The summed E-state index contributed by atoms with van der Waals surface area (Å²) in [7, 11) is 0. The van der Waals surface area contributed by atoms with Crippen LogP contribution in [0.1, 0.15) is 17.7 Å². The van der Waals surface area contributed by atoms with Crippen molar-refractivity contribution in [2.45, 2.75) is 17.3 Å². The van der Waals surface area contributed by atoms with Crippen molar-refractivity contribution < 1.29 is 9.53 Å². The van der Waals surface area contributed by atoms with Gasteiger partial charge in [0.15, 0.2) is 0 Å². The Morgan fingerprint density at radius 2 is 1.92 bits per heavy atom.